The highest BCUT2D eigenvalue weighted by molar-refractivity contribution is 6.74. The maximum atomic E-state index is 13.8. The molecule has 54 heavy (non-hydrogen) atoms. The lowest BCUT2D eigenvalue weighted by Crippen LogP contribution is -2.59. The van der Waals surface area contributed by atoms with E-state index >= 15 is 0 Å². The molecule has 2 aliphatic rings. The Hall–Kier alpha value is -3.73. The third kappa shape index (κ3) is 8.56. The van der Waals surface area contributed by atoms with Gasteiger partial charge >= 0.3 is 0 Å². The summed E-state index contributed by atoms with van der Waals surface area (Å²) in [5.74, 6) is 0.161. The molecule has 1 fully saturated rings. The highest BCUT2D eigenvalue weighted by atomic mass is 35.5. The third-order valence-electron chi connectivity index (χ3n) is 10.8. The van der Waals surface area contributed by atoms with E-state index in [4.69, 9.17) is 42.3 Å². The Bertz CT molecular complexity index is 2100. The molecule has 0 atom stereocenters. The van der Waals surface area contributed by atoms with Gasteiger partial charge in [0.1, 0.15) is 11.4 Å². The first-order valence-electron chi connectivity index (χ1n) is 18.2. The number of carbonyl (C=O) groups excluding carboxylic acids is 1. The normalized spacial score (nSPS) is 16.0. The van der Waals surface area contributed by atoms with Crippen LogP contribution in [0.5, 0.6) is 5.88 Å². The molecule has 13 heteroatoms. The molecule has 0 saturated carbocycles. The number of nitriles is 1. The summed E-state index contributed by atoms with van der Waals surface area (Å²) < 4.78 is 12.0. The van der Waals surface area contributed by atoms with Gasteiger partial charge in [-0.25, -0.2) is 9.97 Å². The van der Waals surface area contributed by atoms with Crippen LogP contribution in [0.25, 0.3) is 22.4 Å². The maximum Gasteiger partial charge on any atom is 0.237 e. The molecule has 0 unspecified atom stereocenters. The molecule has 0 spiro atoms. The van der Waals surface area contributed by atoms with E-state index in [-0.39, 0.29) is 22.9 Å². The number of methoxy groups -OCH3 is 1. The van der Waals surface area contributed by atoms with Crippen LogP contribution in [0.15, 0.2) is 48.7 Å². The largest absolute Gasteiger partial charge is 0.480 e. The van der Waals surface area contributed by atoms with E-state index in [1.807, 2.05) is 43.3 Å². The minimum absolute atomic E-state index is 0.00128. The van der Waals surface area contributed by atoms with Gasteiger partial charge in [-0.2, -0.15) is 5.26 Å². The zero-order chi connectivity index (χ0) is 39.0. The van der Waals surface area contributed by atoms with E-state index in [2.05, 4.69) is 54.7 Å². The Morgan fingerprint density at radius 1 is 1.06 bits per heavy atom. The lowest BCUT2D eigenvalue weighted by atomic mass is 9.95. The molecule has 0 amide bonds. The number of likely N-dealkylation sites (tertiary alicyclic amines) is 1. The van der Waals surface area contributed by atoms with E-state index in [0.717, 1.165) is 24.3 Å². The van der Waals surface area contributed by atoms with Crippen molar-refractivity contribution in [2.75, 3.05) is 39.9 Å². The summed E-state index contributed by atoms with van der Waals surface area (Å²) in [6.07, 6.45) is 2.36. The summed E-state index contributed by atoms with van der Waals surface area (Å²) in [5, 5.41) is 21.1. The molecule has 1 N–H and O–H groups in total. The van der Waals surface area contributed by atoms with Gasteiger partial charge in [0.25, 0.3) is 0 Å². The molecule has 2 aromatic heterocycles. The number of fused-ring (bicyclic) bond motifs is 1. The van der Waals surface area contributed by atoms with Crippen LogP contribution in [0.1, 0.15) is 66.3 Å². The first-order valence-corrected chi connectivity index (χ1v) is 21.9. The molecule has 6 rings (SSSR count). The van der Waals surface area contributed by atoms with Crippen LogP contribution in [0.4, 0.5) is 0 Å². The molecular weight excluding hydrogens is 739 g/mol. The van der Waals surface area contributed by atoms with E-state index in [9.17, 15) is 15.2 Å². The van der Waals surface area contributed by atoms with Crippen LogP contribution < -0.4 is 4.74 Å². The number of pyridine rings is 1. The van der Waals surface area contributed by atoms with Gasteiger partial charge in [0.15, 0.2) is 14.1 Å². The Morgan fingerprint density at radius 3 is 2.41 bits per heavy atom. The number of Topliss-reactive ketones (excluding diaryl/α,β-unsaturated/α-hetero) is 1. The van der Waals surface area contributed by atoms with Crippen LogP contribution in [-0.2, 0) is 30.4 Å². The Kier molecular flexibility index (Phi) is 11.7. The highest BCUT2D eigenvalue weighted by Crippen LogP contribution is 2.41. The van der Waals surface area contributed by atoms with Gasteiger partial charge in [-0.15, -0.1) is 0 Å². The molecular formula is C41H48Cl2N6O4Si. The molecule has 1 saturated heterocycles. The lowest BCUT2D eigenvalue weighted by Gasteiger charge is -2.44. The fourth-order valence-electron chi connectivity index (χ4n) is 6.84. The van der Waals surface area contributed by atoms with Crippen LogP contribution in [-0.4, -0.2) is 89.5 Å². The SMILES string of the molecule is COc1nc(-c2cccc(-c3cccc(CC(=O)c4cc(C#N)c5c(n4)CN(CCO[Si](C)(C)C(C)(C)C)CC5)c3Cl)c2Cl)cnc1CN1CC(C)(O)C1. The summed E-state index contributed by atoms with van der Waals surface area (Å²) in [4.78, 5) is 32.3. The fraction of sp³-hybridized carbons (Fsp3) is 0.439. The van der Waals surface area contributed by atoms with Gasteiger partial charge in [-0.05, 0) is 48.7 Å². The fourth-order valence-corrected chi connectivity index (χ4v) is 8.49. The van der Waals surface area contributed by atoms with Crippen molar-refractivity contribution >= 4 is 37.3 Å². The summed E-state index contributed by atoms with van der Waals surface area (Å²) in [5.41, 5.74) is 5.55. The van der Waals surface area contributed by atoms with Crippen molar-refractivity contribution in [1.82, 2.24) is 24.8 Å². The molecule has 2 aliphatic heterocycles. The number of halogens is 2. The summed E-state index contributed by atoms with van der Waals surface area (Å²) in [7, 11) is -0.315. The molecule has 284 valence electrons. The number of rotatable bonds is 12. The van der Waals surface area contributed by atoms with Gasteiger partial charge < -0.3 is 14.3 Å². The Morgan fingerprint density at radius 2 is 1.74 bits per heavy atom. The number of β-amino-alcohol motifs (C(OH)–C–C–N with tert-alkyl or cyclic N) is 1. The number of ether oxygens (including phenoxy) is 1. The standard InChI is InChI=1S/C41H48Cl2N6O4Si/c1-40(2,3)54(6,7)53-17-16-48-15-14-28-27(20-44)18-32(46-34(28)22-48)36(50)19-26-10-8-11-29(37(26)42)30-12-9-13-31(38(30)43)33-21-45-35(39(47-33)52-5)23-49-24-41(4,51)25-49/h8-13,18,21,51H,14-17,19,22-25H2,1-7H3. The smallest absolute Gasteiger partial charge is 0.237 e. The summed E-state index contributed by atoms with van der Waals surface area (Å²) >= 11 is 14.1. The number of hydrogen-bond acceptors (Lipinski definition) is 10. The second-order valence-corrected chi connectivity index (χ2v) is 21.7. The van der Waals surface area contributed by atoms with Gasteiger partial charge in [0.2, 0.25) is 5.88 Å². The summed E-state index contributed by atoms with van der Waals surface area (Å²) in [6, 6.07) is 15.1. The van der Waals surface area contributed by atoms with E-state index in [1.54, 1.807) is 19.4 Å². The number of hydrogen-bond donors (Lipinski definition) is 1. The average molecular weight is 788 g/mol. The number of carbonyl (C=O) groups is 1. The van der Waals surface area contributed by atoms with Crippen molar-refractivity contribution in [3.8, 4) is 34.3 Å². The van der Waals surface area contributed by atoms with E-state index in [0.29, 0.717) is 94.3 Å². The number of ketones is 1. The molecule has 0 radical (unpaired) electrons. The van der Waals surface area contributed by atoms with E-state index < -0.39 is 13.9 Å². The quantitative estimate of drug-likeness (QED) is 0.113. The summed E-state index contributed by atoms with van der Waals surface area (Å²) in [6.45, 7) is 17.4. The molecule has 0 bridgehead atoms. The predicted molar refractivity (Wildman–Crippen MR) is 214 cm³/mol. The van der Waals surface area contributed by atoms with Crippen LogP contribution in [0.2, 0.25) is 28.2 Å². The van der Waals surface area contributed by atoms with Crippen molar-refractivity contribution in [1.29, 1.82) is 5.26 Å². The third-order valence-corrected chi connectivity index (χ3v) is 16.2. The minimum Gasteiger partial charge on any atom is -0.480 e. The Labute approximate surface area is 329 Å². The van der Waals surface area contributed by atoms with E-state index in [1.165, 1.54) is 0 Å². The van der Waals surface area contributed by atoms with Crippen LogP contribution in [0, 0.1) is 11.3 Å². The highest BCUT2D eigenvalue weighted by Gasteiger charge is 2.38. The first kappa shape index (κ1) is 39.9. The van der Waals surface area contributed by atoms with Crippen LogP contribution in [0.3, 0.4) is 0 Å². The maximum absolute atomic E-state index is 13.8. The van der Waals surface area contributed by atoms with Gasteiger partial charge in [-0.1, -0.05) is 80.4 Å². The number of nitrogens with zero attached hydrogens (tertiary/aromatic N) is 6. The van der Waals surface area contributed by atoms with Gasteiger partial charge in [0.05, 0.1) is 52.0 Å². The topological polar surface area (TPSA) is 125 Å². The average Bonchev–Trinajstić information content (AvgIpc) is 3.11. The van der Waals surface area contributed by atoms with Crippen molar-refractivity contribution in [2.45, 2.75) is 77.4 Å². The second-order valence-electron chi connectivity index (χ2n) is 16.1. The van der Waals surface area contributed by atoms with Crippen molar-refractivity contribution in [3.05, 3.63) is 92.5 Å². The van der Waals surface area contributed by atoms with Gasteiger partial charge in [0, 0.05) is 69.0 Å². The second kappa shape index (κ2) is 15.8. The minimum atomic E-state index is -1.87. The molecule has 0 aliphatic carbocycles. The molecule has 2 aromatic carbocycles. The van der Waals surface area contributed by atoms with Crippen LogP contribution >= 0.6 is 23.2 Å². The number of aliphatic hydroxyl groups is 1. The Balaban J connectivity index is 1.19. The monoisotopic (exact) mass is 786 g/mol. The number of benzene rings is 2. The van der Waals surface area contributed by atoms with Crippen molar-refractivity contribution < 1.29 is 19.1 Å². The zero-order valence-corrected chi connectivity index (χ0v) is 34.6. The molecule has 4 aromatic rings. The van der Waals surface area contributed by atoms with Crippen molar-refractivity contribution in [3.63, 3.8) is 0 Å². The first-order chi connectivity index (χ1) is 25.5. The predicted octanol–water partition coefficient (Wildman–Crippen LogP) is 7.76. The molecule has 10 nitrogen and oxygen atoms in total. The lowest BCUT2D eigenvalue weighted by molar-refractivity contribution is -0.0878. The zero-order valence-electron chi connectivity index (χ0n) is 32.1. The number of aromatic nitrogens is 3. The molecule has 4 heterocycles. The van der Waals surface area contributed by atoms with Crippen molar-refractivity contribution in [2.24, 2.45) is 0 Å². The van der Waals surface area contributed by atoms with Gasteiger partial charge in [-0.3, -0.25) is 19.6 Å².